The minimum atomic E-state index is -0.600. The van der Waals surface area contributed by atoms with E-state index in [4.69, 9.17) is 11.6 Å². The molecule has 0 atom stereocenters. The highest BCUT2D eigenvalue weighted by molar-refractivity contribution is 6.30. The topological polar surface area (TPSA) is 56.0 Å². The number of carbonyl (C=O) groups excluding carboxylic acids is 1. The molecule has 0 spiro atoms. The van der Waals surface area contributed by atoms with Crippen LogP contribution >= 0.6 is 11.6 Å². The fraction of sp³-hybridized carbons (Fsp3) is 0.273. The van der Waals surface area contributed by atoms with Crippen LogP contribution in [0.5, 0.6) is 0 Å². The first-order valence-corrected chi connectivity index (χ1v) is 9.73. The number of hydrogen-bond donors (Lipinski definition) is 1. The zero-order valence-corrected chi connectivity index (χ0v) is 16.7. The number of nitrogens with one attached hydrogen (secondary N) is 1. The van der Waals surface area contributed by atoms with Gasteiger partial charge in [0.25, 0.3) is 5.56 Å². The molecule has 4 rings (SSSR count). The van der Waals surface area contributed by atoms with Crippen LogP contribution in [0.2, 0.25) is 5.02 Å². The summed E-state index contributed by atoms with van der Waals surface area (Å²) in [5.74, 6) is -0.132. The lowest BCUT2D eigenvalue weighted by Gasteiger charge is -2.40. The number of nitrogens with zero attached hydrogens (tertiary/aromatic N) is 2. The highest BCUT2D eigenvalue weighted by Crippen LogP contribution is 2.44. The van der Waals surface area contributed by atoms with E-state index in [-0.39, 0.29) is 11.5 Å². The molecule has 1 heterocycles. The van der Waals surface area contributed by atoms with E-state index in [1.165, 1.54) is 0 Å². The van der Waals surface area contributed by atoms with Gasteiger partial charge in [-0.05, 0) is 49.6 Å². The van der Waals surface area contributed by atoms with Crippen molar-refractivity contribution in [2.45, 2.75) is 31.6 Å². The molecule has 1 aliphatic carbocycles. The highest BCUT2D eigenvalue weighted by Gasteiger charge is 2.46. The Kier molecular flexibility index (Phi) is 4.63. The van der Waals surface area contributed by atoms with Gasteiger partial charge < -0.3 is 5.32 Å². The quantitative estimate of drug-likeness (QED) is 0.719. The number of hydrogen-bond acceptors (Lipinski definition) is 2. The Morgan fingerprint density at radius 3 is 2.29 bits per heavy atom. The lowest BCUT2D eigenvalue weighted by Crippen LogP contribution is -2.46. The Morgan fingerprint density at radius 2 is 1.71 bits per heavy atom. The summed E-state index contributed by atoms with van der Waals surface area (Å²) in [6.45, 7) is 1.84. The number of halogens is 1. The summed E-state index contributed by atoms with van der Waals surface area (Å²) in [7, 11) is 1.82. The van der Waals surface area contributed by atoms with Crippen LogP contribution in [-0.4, -0.2) is 15.3 Å². The van der Waals surface area contributed by atoms with Gasteiger partial charge in [-0.3, -0.25) is 14.3 Å². The molecule has 0 unspecified atom stereocenters. The predicted molar refractivity (Wildman–Crippen MR) is 111 cm³/mol. The van der Waals surface area contributed by atoms with Crippen molar-refractivity contribution in [2.75, 3.05) is 5.32 Å². The van der Waals surface area contributed by atoms with Gasteiger partial charge in [0, 0.05) is 12.1 Å². The molecule has 1 aliphatic rings. The van der Waals surface area contributed by atoms with Crippen LogP contribution in [0.1, 0.15) is 30.5 Å². The Balaban J connectivity index is 1.70. The molecule has 144 valence electrons. The molecule has 0 radical (unpaired) electrons. The standard InChI is InChI=1S/C22H22ClN3O2/c1-15-19(20(27)26(25(15)2)18-7-4-3-5-8-18)24-21(28)22(13-6-14-22)16-9-11-17(23)12-10-16/h3-5,7-12H,6,13-14H2,1-2H3,(H,24,28). The third kappa shape index (κ3) is 2.87. The average molecular weight is 396 g/mol. The lowest BCUT2D eigenvalue weighted by molar-refractivity contribution is -0.124. The molecule has 6 heteroatoms. The number of amides is 1. The van der Waals surface area contributed by atoms with Crippen molar-refractivity contribution >= 4 is 23.2 Å². The van der Waals surface area contributed by atoms with Crippen LogP contribution in [-0.2, 0) is 17.3 Å². The van der Waals surface area contributed by atoms with Gasteiger partial charge in [-0.15, -0.1) is 0 Å². The molecule has 1 aromatic heterocycles. The summed E-state index contributed by atoms with van der Waals surface area (Å²) in [6.07, 6.45) is 2.51. The second-order valence-corrected chi connectivity index (χ2v) is 7.77. The summed E-state index contributed by atoms with van der Waals surface area (Å²) in [5, 5.41) is 3.58. The van der Waals surface area contributed by atoms with Gasteiger partial charge in [-0.25, -0.2) is 4.68 Å². The fourth-order valence-electron chi connectivity index (χ4n) is 3.89. The third-order valence-corrected chi connectivity index (χ3v) is 6.08. The van der Waals surface area contributed by atoms with Gasteiger partial charge in [0.2, 0.25) is 5.91 Å². The molecule has 0 saturated heterocycles. The summed E-state index contributed by atoms with van der Waals surface area (Å²) in [6, 6.07) is 16.8. The maximum atomic E-state index is 13.3. The molecule has 0 bridgehead atoms. The van der Waals surface area contributed by atoms with Crippen LogP contribution in [0.15, 0.2) is 59.4 Å². The first-order valence-electron chi connectivity index (χ1n) is 9.35. The van der Waals surface area contributed by atoms with Crippen LogP contribution in [0.4, 0.5) is 5.69 Å². The number of rotatable bonds is 4. The molecule has 0 aliphatic heterocycles. The van der Waals surface area contributed by atoms with Gasteiger partial charge in [0.1, 0.15) is 5.69 Å². The van der Waals surface area contributed by atoms with Crippen LogP contribution in [0.3, 0.4) is 0 Å². The lowest BCUT2D eigenvalue weighted by atomic mass is 9.64. The maximum absolute atomic E-state index is 13.3. The second kappa shape index (κ2) is 6.99. The predicted octanol–water partition coefficient (Wildman–Crippen LogP) is 4.20. The van der Waals surface area contributed by atoms with Crippen LogP contribution in [0, 0.1) is 6.92 Å². The van der Waals surface area contributed by atoms with Crippen molar-refractivity contribution in [2.24, 2.45) is 7.05 Å². The molecule has 3 aromatic rings. The third-order valence-electron chi connectivity index (χ3n) is 5.83. The molecular weight excluding hydrogens is 374 g/mol. The van der Waals surface area contributed by atoms with Gasteiger partial charge >= 0.3 is 0 Å². The molecule has 1 amide bonds. The largest absolute Gasteiger partial charge is 0.319 e. The molecule has 5 nitrogen and oxygen atoms in total. The fourth-order valence-corrected chi connectivity index (χ4v) is 4.02. The van der Waals surface area contributed by atoms with Crippen LogP contribution < -0.4 is 10.9 Å². The number of para-hydroxylation sites is 1. The number of carbonyl (C=O) groups is 1. The first kappa shape index (κ1) is 18.6. The van der Waals surface area contributed by atoms with E-state index in [1.807, 2.05) is 56.4 Å². The van der Waals surface area contributed by atoms with Crippen molar-refractivity contribution in [1.29, 1.82) is 0 Å². The number of aromatic nitrogens is 2. The van der Waals surface area contributed by atoms with Crippen molar-refractivity contribution < 1.29 is 4.79 Å². The van der Waals surface area contributed by atoms with E-state index < -0.39 is 5.41 Å². The number of anilines is 1. The molecule has 1 fully saturated rings. The van der Waals surface area contributed by atoms with Crippen LogP contribution in [0.25, 0.3) is 5.69 Å². The van der Waals surface area contributed by atoms with E-state index in [0.29, 0.717) is 16.4 Å². The van der Waals surface area contributed by atoms with Gasteiger partial charge in [-0.1, -0.05) is 48.4 Å². The van der Waals surface area contributed by atoms with E-state index in [0.717, 1.165) is 30.5 Å². The van der Waals surface area contributed by atoms with E-state index in [2.05, 4.69) is 5.32 Å². The van der Waals surface area contributed by atoms with Crippen molar-refractivity contribution in [3.05, 3.63) is 81.2 Å². The summed E-state index contributed by atoms with van der Waals surface area (Å²) < 4.78 is 3.34. The van der Waals surface area contributed by atoms with E-state index in [1.54, 1.807) is 21.5 Å². The highest BCUT2D eigenvalue weighted by atomic mass is 35.5. The van der Waals surface area contributed by atoms with Crippen molar-refractivity contribution in [3.63, 3.8) is 0 Å². The molecule has 1 N–H and O–H groups in total. The van der Waals surface area contributed by atoms with Gasteiger partial charge in [0.15, 0.2) is 0 Å². The minimum Gasteiger partial charge on any atom is -0.319 e. The van der Waals surface area contributed by atoms with E-state index >= 15 is 0 Å². The zero-order chi connectivity index (χ0) is 19.9. The number of benzene rings is 2. The maximum Gasteiger partial charge on any atom is 0.295 e. The smallest absolute Gasteiger partial charge is 0.295 e. The van der Waals surface area contributed by atoms with Gasteiger partial charge in [0.05, 0.1) is 16.8 Å². The normalized spacial score (nSPS) is 15.1. The molecular formula is C22H22ClN3O2. The Labute approximate surface area is 168 Å². The summed E-state index contributed by atoms with van der Waals surface area (Å²) in [5.41, 5.74) is 1.92. The zero-order valence-electron chi connectivity index (χ0n) is 15.9. The molecule has 28 heavy (non-hydrogen) atoms. The van der Waals surface area contributed by atoms with Crippen molar-refractivity contribution in [1.82, 2.24) is 9.36 Å². The van der Waals surface area contributed by atoms with Crippen molar-refractivity contribution in [3.8, 4) is 5.69 Å². The second-order valence-electron chi connectivity index (χ2n) is 7.33. The Morgan fingerprint density at radius 1 is 1.07 bits per heavy atom. The first-order chi connectivity index (χ1) is 13.4. The molecule has 2 aromatic carbocycles. The summed E-state index contributed by atoms with van der Waals surface area (Å²) >= 11 is 6.00. The van der Waals surface area contributed by atoms with E-state index in [9.17, 15) is 9.59 Å². The van der Waals surface area contributed by atoms with Gasteiger partial charge in [-0.2, -0.15) is 0 Å². The summed E-state index contributed by atoms with van der Waals surface area (Å²) in [4.78, 5) is 26.3. The average Bonchev–Trinajstić information content (AvgIpc) is 2.86. The Bertz CT molecular complexity index is 1080. The SMILES string of the molecule is Cc1c(NC(=O)C2(c3ccc(Cl)cc3)CCC2)c(=O)n(-c2ccccc2)n1C. The monoisotopic (exact) mass is 395 g/mol. The molecule has 1 saturated carbocycles. The Hall–Kier alpha value is -2.79. The minimum absolute atomic E-state index is 0.132.